The molecule has 1 saturated carbocycles. The van der Waals surface area contributed by atoms with Crippen LogP contribution in [0.5, 0.6) is 0 Å². The predicted octanol–water partition coefficient (Wildman–Crippen LogP) is 4.79. The highest BCUT2D eigenvalue weighted by molar-refractivity contribution is 5.70. The number of hydrogen-bond donors (Lipinski definition) is 1. The molecule has 1 N–H and O–H groups in total. The van der Waals surface area contributed by atoms with Crippen LogP contribution in [0.25, 0.3) is 0 Å². The Balaban J connectivity index is 1.86. The Morgan fingerprint density at radius 2 is 1.50 bits per heavy atom. The van der Waals surface area contributed by atoms with Crippen LogP contribution in [0, 0.1) is 5.92 Å². The number of aliphatic carboxylic acids is 1. The summed E-state index contributed by atoms with van der Waals surface area (Å²) in [4.78, 5) is 10.8. The fourth-order valence-corrected chi connectivity index (χ4v) is 2.96. The average molecular weight is 284 g/mol. The third-order valence-corrected chi connectivity index (χ3v) is 4.37. The first-order valence-electron chi connectivity index (χ1n) is 8.58. The zero-order valence-electron chi connectivity index (χ0n) is 13.1. The lowest BCUT2D eigenvalue weighted by Gasteiger charge is -2.26. The van der Waals surface area contributed by atoms with E-state index in [9.17, 15) is 4.79 Å². The molecule has 0 aromatic carbocycles. The molecule has 1 aliphatic rings. The van der Waals surface area contributed by atoms with Crippen LogP contribution < -0.4 is 0 Å². The first-order valence-corrected chi connectivity index (χ1v) is 8.58. The summed E-state index contributed by atoms with van der Waals surface area (Å²) in [6, 6.07) is 0. The number of hydrogen-bond acceptors (Lipinski definition) is 2. The number of carboxylic acids is 1. The van der Waals surface area contributed by atoms with Gasteiger partial charge in [0, 0.05) is 6.61 Å². The summed E-state index contributed by atoms with van der Waals surface area (Å²) in [7, 11) is 0. The molecule has 1 fully saturated rings. The molecule has 0 radical (unpaired) electrons. The fourth-order valence-electron chi connectivity index (χ4n) is 2.96. The van der Waals surface area contributed by atoms with Gasteiger partial charge in [0.15, 0.2) is 0 Å². The third kappa shape index (κ3) is 7.88. The summed E-state index contributed by atoms with van der Waals surface area (Å²) in [6.07, 6.45) is 14.3. The van der Waals surface area contributed by atoms with Crippen LogP contribution in [0.2, 0.25) is 0 Å². The normalized spacial score (nSPS) is 22.9. The van der Waals surface area contributed by atoms with Gasteiger partial charge in [-0.25, -0.2) is 0 Å². The Morgan fingerprint density at radius 3 is 2.05 bits per heavy atom. The van der Waals surface area contributed by atoms with Crippen molar-refractivity contribution in [2.24, 2.45) is 5.92 Å². The molecule has 118 valence electrons. The van der Waals surface area contributed by atoms with Gasteiger partial charge in [0.1, 0.15) is 0 Å². The van der Waals surface area contributed by atoms with Crippen molar-refractivity contribution in [2.75, 3.05) is 6.61 Å². The molecule has 0 saturated heterocycles. The molecule has 1 rings (SSSR count). The molecular weight excluding hydrogens is 252 g/mol. The average Bonchev–Trinajstić information content (AvgIpc) is 2.46. The second-order valence-corrected chi connectivity index (χ2v) is 6.16. The highest BCUT2D eigenvalue weighted by Gasteiger charge is 2.25. The van der Waals surface area contributed by atoms with Gasteiger partial charge in [0.25, 0.3) is 0 Å². The van der Waals surface area contributed by atoms with E-state index in [4.69, 9.17) is 9.84 Å². The summed E-state index contributed by atoms with van der Waals surface area (Å²) in [5, 5.41) is 8.93. The SMILES string of the molecule is CCCCCCCCCCOC1CCC(C(=O)O)CC1. The van der Waals surface area contributed by atoms with Crippen LogP contribution in [0.4, 0.5) is 0 Å². The van der Waals surface area contributed by atoms with Crippen LogP contribution in [-0.2, 0) is 9.53 Å². The Bertz CT molecular complexity index is 245. The van der Waals surface area contributed by atoms with Crippen molar-refractivity contribution < 1.29 is 14.6 Å². The van der Waals surface area contributed by atoms with Gasteiger partial charge in [-0.15, -0.1) is 0 Å². The zero-order chi connectivity index (χ0) is 14.6. The molecule has 0 spiro atoms. The van der Waals surface area contributed by atoms with Crippen LogP contribution >= 0.6 is 0 Å². The van der Waals surface area contributed by atoms with E-state index in [1.54, 1.807) is 0 Å². The minimum Gasteiger partial charge on any atom is -0.481 e. The maximum absolute atomic E-state index is 10.8. The van der Waals surface area contributed by atoms with E-state index in [1.807, 2.05) is 0 Å². The Hall–Kier alpha value is -0.570. The lowest BCUT2D eigenvalue weighted by Crippen LogP contribution is -2.26. The molecule has 0 aromatic heterocycles. The summed E-state index contributed by atoms with van der Waals surface area (Å²) < 4.78 is 5.86. The van der Waals surface area contributed by atoms with Gasteiger partial charge in [-0.1, -0.05) is 51.9 Å². The molecule has 20 heavy (non-hydrogen) atoms. The maximum atomic E-state index is 10.8. The van der Waals surface area contributed by atoms with Crippen LogP contribution in [-0.4, -0.2) is 23.8 Å². The molecule has 0 amide bonds. The highest BCUT2D eigenvalue weighted by Crippen LogP contribution is 2.26. The Kier molecular flexibility index (Phi) is 9.73. The molecular formula is C17H32O3. The largest absolute Gasteiger partial charge is 0.481 e. The minimum atomic E-state index is -0.633. The second-order valence-electron chi connectivity index (χ2n) is 6.16. The molecule has 0 aromatic rings. The first-order chi connectivity index (χ1) is 9.74. The second kappa shape index (κ2) is 11.1. The number of ether oxygens (including phenoxy) is 1. The zero-order valence-corrected chi connectivity index (χ0v) is 13.1. The van der Waals surface area contributed by atoms with Gasteiger partial charge in [0.2, 0.25) is 0 Å². The molecule has 0 heterocycles. The molecule has 1 aliphatic carbocycles. The summed E-state index contributed by atoms with van der Waals surface area (Å²) in [5.74, 6) is -0.760. The molecule has 3 nitrogen and oxygen atoms in total. The van der Waals surface area contributed by atoms with Crippen molar-refractivity contribution >= 4 is 5.97 Å². The maximum Gasteiger partial charge on any atom is 0.306 e. The van der Waals surface area contributed by atoms with Crippen molar-refractivity contribution in [3.05, 3.63) is 0 Å². The van der Waals surface area contributed by atoms with E-state index in [0.717, 1.165) is 38.7 Å². The minimum absolute atomic E-state index is 0.127. The third-order valence-electron chi connectivity index (χ3n) is 4.37. The van der Waals surface area contributed by atoms with Crippen molar-refractivity contribution in [3.63, 3.8) is 0 Å². The fraction of sp³-hybridized carbons (Fsp3) is 0.941. The van der Waals surface area contributed by atoms with Crippen LogP contribution in [0.1, 0.15) is 84.0 Å². The smallest absolute Gasteiger partial charge is 0.306 e. The molecule has 0 unspecified atom stereocenters. The van der Waals surface area contributed by atoms with Crippen molar-refractivity contribution in [3.8, 4) is 0 Å². The standard InChI is InChI=1S/C17H32O3/c1-2-3-4-5-6-7-8-9-14-20-16-12-10-15(11-13-16)17(18)19/h15-16H,2-14H2,1H3,(H,18,19). The van der Waals surface area contributed by atoms with Crippen molar-refractivity contribution in [2.45, 2.75) is 90.1 Å². The lowest BCUT2D eigenvalue weighted by atomic mass is 9.87. The molecule has 3 heteroatoms. The van der Waals surface area contributed by atoms with Crippen LogP contribution in [0.15, 0.2) is 0 Å². The summed E-state index contributed by atoms with van der Waals surface area (Å²) >= 11 is 0. The molecule has 0 aliphatic heterocycles. The number of carboxylic acid groups (broad SMARTS) is 1. The van der Waals surface area contributed by atoms with E-state index in [2.05, 4.69) is 6.92 Å². The number of rotatable bonds is 11. The summed E-state index contributed by atoms with van der Waals surface area (Å²) in [5.41, 5.74) is 0. The highest BCUT2D eigenvalue weighted by atomic mass is 16.5. The van der Waals surface area contributed by atoms with E-state index in [0.29, 0.717) is 6.10 Å². The Labute approximate surface area is 124 Å². The van der Waals surface area contributed by atoms with E-state index < -0.39 is 5.97 Å². The first kappa shape index (κ1) is 17.5. The number of unbranched alkanes of at least 4 members (excludes halogenated alkanes) is 7. The molecule has 0 atom stereocenters. The van der Waals surface area contributed by atoms with Crippen molar-refractivity contribution in [1.82, 2.24) is 0 Å². The molecule has 0 bridgehead atoms. The van der Waals surface area contributed by atoms with Gasteiger partial charge in [-0.2, -0.15) is 0 Å². The van der Waals surface area contributed by atoms with E-state index in [-0.39, 0.29) is 5.92 Å². The lowest BCUT2D eigenvalue weighted by molar-refractivity contribution is -0.143. The summed E-state index contributed by atoms with van der Waals surface area (Å²) in [6.45, 7) is 3.11. The number of carbonyl (C=O) groups is 1. The predicted molar refractivity (Wildman–Crippen MR) is 81.9 cm³/mol. The van der Waals surface area contributed by atoms with Crippen molar-refractivity contribution in [1.29, 1.82) is 0 Å². The van der Waals surface area contributed by atoms with Gasteiger partial charge in [0.05, 0.1) is 12.0 Å². The van der Waals surface area contributed by atoms with Crippen LogP contribution in [0.3, 0.4) is 0 Å². The van der Waals surface area contributed by atoms with E-state index >= 15 is 0 Å². The monoisotopic (exact) mass is 284 g/mol. The van der Waals surface area contributed by atoms with Gasteiger partial charge in [-0.3, -0.25) is 4.79 Å². The quantitative estimate of drug-likeness (QED) is 0.555. The van der Waals surface area contributed by atoms with Gasteiger partial charge in [-0.05, 0) is 32.1 Å². The Morgan fingerprint density at radius 1 is 0.950 bits per heavy atom. The van der Waals surface area contributed by atoms with E-state index in [1.165, 1.54) is 44.9 Å². The topological polar surface area (TPSA) is 46.5 Å². The van der Waals surface area contributed by atoms with Gasteiger partial charge < -0.3 is 9.84 Å². The van der Waals surface area contributed by atoms with Gasteiger partial charge >= 0.3 is 5.97 Å².